The lowest BCUT2D eigenvalue weighted by Gasteiger charge is -2.28. The molecule has 0 aliphatic carbocycles. The van der Waals surface area contributed by atoms with E-state index in [0.29, 0.717) is 13.1 Å². The van der Waals surface area contributed by atoms with Gasteiger partial charge >= 0.3 is 12.2 Å². The first-order valence-electron chi connectivity index (χ1n) is 17.1. The molecule has 9 nitrogen and oxygen atoms in total. The summed E-state index contributed by atoms with van der Waals surface area (Å²) < 4.78 is 11.3. The molecule has 9 heteroatoms. The molecule has 2 saturated heterocycles. The van der Waals surface area contributed by atoms with E-state index in [9.17, 15) is 9.59 Å². The number of rotatable bonds is 4. The van der Waals surface area contributed by atoms with Crippen molar-refractivity contribution in [2.24, 2.45) is 4.99 Å². The van der Waals surface area contributed by atoms with Crippen LogP contribution in [0.5, 0.6) is 0 Å². The first kappa shape index (κ1) is 31.9. The van der Waals surface area contributed by atoms with Crippen LogP contribution in [0, 0.1) is 0 Å². The van der Waals surface area contributed by atoms with Crippen LogP contribution in [0.3, 0.4) is 0 Å². The second-order valence-electron chi connectivity index (χ2n) is 15.2. The van der Waals surface area contributed by atoms with E-state index in [1.807, 2.05) is 52.6 Å². The average Bonchev–Trinajstić information content (AvgIpc) is 3.84. The number of nitrogens with one attached hydrogen (secondary N) is 1. The number of aromatic nitrogens is 2. The number of aromatic amines is 1. The Labute approximate surface area is 282 Å². The number of imidazole rings is 1. The molecule has 0 saturated carbocycles. The van der Waals surface area contributed by atoms with Crippen LogP contribution in [-0.4, -0.2) is 68.0 Å². The number of amides is 2. The Hall–Kier alpha value is -4.66. The van der Waals surface area contributed by atoms with E-state index in [0.717, 1.165) is 82.5 Å². The van der Waals surface area contributed by atoms with Gasteiger partial charge in [-0.2, -0.15) is 0 Å². The number of H-pyrrole nitrogens is 1. The van der Waals surface area contributed by atoms with Gasteiger partial charge in [-0.1, -0.05) is 30.3 Å². The summed E-state index contributed by atoms with van der Waals surface area (Å²) in [5, 5.41) is 2.29. The minimum Gasteiger partial charge on any atom is -0.444 e. The Balaban J connectivity index is 1.05. The maximum Gasteiger partial charge on any atom is 0.410 e. The zero-order valence-electron chi connectivity index (χ0n) is 28.8. The van der Waals surface area contributed by atoms with Crippen LogP contribution in [0.2, 0.25) is 0 Å². The number of likely N-dealkylation sites (tertiary alicyclic amines) is 2. The highest BCUT2D eigenvalue weighted by atomic mass is 16.6. The van der Waals surface area contributed by atoms with Crippen LogP contribution < -0.4 is 0 Å². The first-order valence-corrected chi connectivity index (χ1v) is 17.1. The molecule has 4 aromatic rings. The number of hydrogen-bond acceptors (Lipinski definition) is 6. The number of aliphatic imine (C=N–C) groups is 1. The van der Waals surface area contributed by atoms with Crippen molar-refractivity contribution in [2.75, 3.05) is 13.1 Å². The van der Waals surface area contributed by atoms with E-state index in [2.05, 4.69) is 64.6 Å². The van der Waals surface area contributed by atoms with Crippen LogP contribution in [0.1, 0.15) is 84.7 Å². The fourth-order valence-electron chi connectivity index (χ4n) is 7.09. The summed E-state index contributed by atoms with van der Waals surface area (Å²) in [4.78, 5) is 42.5. The zero-order valence-corrected chi connectivity index (χ0v) is 28.8. The third-order valence-electron chi connectivity index (χ3n) is 9.26. The number of nitrogens with zero attached hydrogens (tertiary/aromatic N) is 4. The Morgan fingerprint density at radius 1 is 0.750 bits per heavy atom. The van der Waals surface area contributed by atoms with Gasteiger partial charge in [-0.3, -0.25) is 14.8 Å². The van der Waals surface area contributed by atoms with Gasteiger partial charge in [0.15, 0.2) is 0 Å². The number of hydrogen-bond donors (Lipinski definition) is 1. The van der Waals surface area contributed by atoms with E-state index < -0.39 is 11.2 Å². The molecular formula is C39H45N5O4. The molecule has 2 atom stereocenters. The van der Waals surface area contributed by atoms with E-state index in [1.54, 1.807) is 4.90 Å². The quantitative estimate of drug-likeness (QED) is 0.238. The Kier molecular flexibility index (Phi) is 8.04. The zero-order chi connectivity index (χ0) is 33.8. The first-order chi connectivity index (χ1) is 22.8. The maximum absolute atomic E-state index is 12.9. The molecule has 0 bridgehead atoms. The van der Waals surface area contributed by atoms with Crippen LogP contribution in [0.15, 0.2) is 65.8 Å². The number of fused-ring (bicyclic) bond motifs is 2. The van der Waals surface area contributed by atoms with Crippen molar-refractivity contribution in [3.63, 3.8) is 0 Å². The van der Waals surface area contributed by atoms with Crippen molar-refractivity contribution in [3.8, 4) is 22.4 Å². The number of ether oxygens (including phenoxy) is 2. The summed E-state index contributed by atoms with van der Waals surface area (Å²) in [7, 11) is 0. The van der Waals surface area contributed by atoms with E-state index in [-0.39, 0.29) is 24.3 Å². The van der Waals surface area contributed by atoms with Gasteiger partial charge in [-0.15, -0.1) is 0 Å². The highest BCUT2D eigenvalue weighted by Gasteiger charge is 2.37. The molecule has 3 aromatic carbocycles. The smallest absolute Gasteiger partial charge is 0.410 e. The average molecular weight is 648 g/mol. The van der Waals surface area contributed by atoms with Crippen LogP contribution in [0.25, 0.3) is 33.2 Å². The molecule has 0 spiro atoms. The molecule has 4 heterocycles. The monoisotopic (exact) mass is 647 g/mol. The molecule has 1 N–H and O–H groups in total. The van der Waals surface area contributed by atoms with E-state index in [1.165, 1.54) is 5.56 Å². The molecular weight excluding hydrogens is 602 g/mol. The van der Waals surface area contributed by atoms with Gasteiger partial charge < -0.3 is 14.5 Å². The summed E-state index contributed by atoms with van der Waals surface area (Å²) in [6.45, 7) is 12.7. The fraction of sp³-hybridized carbons (Fsp3) is 0.436. The van der Waals surface area contributed by atoms with Crippen molar-refractivity contribution in [3.05, 3.63) is 72.2 Å². The Morgan fingerprint density at radius 3 is 1.98 bits per heavy atom. The molecule has 7 rings (SSSR count). The summed E-state index contributed by atoms with van der Waals surface area (Å²) in [6, 6.07) is 19.3. The van der Waals surface area contributed by atoms with E-state index in [4.69, 9.17) is 14.5 Å². The van der Waals surface area contributed by atoms with Gasteiger partial charge in [0.2, 0.25) is 0 Å². The maximum atomic E-state index is 12.9. The molecule has 48 heavy (non-hydrogen) atoms. The SMILES string of the molecule is CC(C)(C)OC(=O)N1CCC[C@H]1C1=Nc2ccc(-c3ccc4cc(-c5cnc([C@@H]6CCCN6C(=O)OC(C)(C)C)[nH]5)ccc4c3)cc2C1. The van der Waals surface area contributed by atoms with Gasteiger partial charge in [0.05, 0.1) is 29.7 Å². The van der Waals surface area contributed by atoms with Crippen molar-refractivity contribution < 1.29 is 19.1 Å². The van der Waals surface area contributed by atoms with Crippen LogP contribution >= 0.6 is 0 Å². The summed E-state index contributed by atoms with van der Waals surface area (Å²) in [5.41, 5.74) is 6.43. The predicted molar refractivity (Wildman–Crippen MR) is 189 cm³/mol. The molecule has 3 aliphatic heterocycles. The van der Waals surface area contributed by atoms with E-state index >= 15 is 0 Å². The van der Waals surface area contributed by atoms with Gasteiger partial charge in [0, 0.05) is 30.8 Å². The Bertz CT molecular complexity index is 1910. The molecule has 0 radical (unpaired) electrons. The van der Waals surface area contributed by atoms with Crippen molar-refractivity contribution in [1.82, 2.24) is 19.8 Å². The predicted octanol–water partition coefficient (Wildman–Crippen LogP) is 9.00. The minimum atomic E-state index is -0.538. The van der Waals surface area contributed by atoms with Crippen molar-refractivity contribution in [1.29, 1.82) is 0 Å². The molecule has 250 valence electrons. The van der Waals surface area contributed by atoms with Gasteiger partial charge in [-0.05, 0) is 119 Å². The van der Waals surface area contributed by atoms with Gasteiger partial charge in [-0.25, -0.2) is 14.6 Å². The third kappa shape index (κ3) is 6.55. The van der Waals surface area contributed by atoms with Gasteiger partial charge in [0.1, 0.15) is 17.0 Å². The summed E-state index contributed by atoms with van der Waals surface area (Å²) in [5.74, 6) is 0.790. The summed E-state index contributed by atoms with van der Waals surface area (Å²) in [6.07, 6.45) is 5.70. The van der Waals surface area contributed by atoms with Gasteiger partial charge in [0.25, 0.3) is 0 Å². The number of carbonyl (C=O) groups excluding carboxylic acids is 2. The molecule has 0 unspecified atom stereocenters. The van der Waals surface area contributed by atoms with Crippen molar-refractivity contribution in [2.45, 2.75) is 96.9 Å². The highest BCUT2D eigenvalue weighted by molar-refractivity contribution is 6.00. The number of benzene rings is 3. The molecule has 3 aliphatic rings. The lowest BCUT2D eigenvalue weighted by atomic mass is 9.96. The topological polar surface area (TPSA) is 100 Å². The molecule has 2 fully saturated rings. The standard InChI is InChI=1S/C39H45N5O4/c1-38(2,3)47-36(45)43-17-7-9-33(43)31-22-29-21-27(15-16-30(29)41-31)24-11-12-26-20-28(14-13-25(26)19-24)32-23-40-35(42-32)34-10-8-18-44(34)37(46)48-39(4,5)6/h11-16,19-21,23,33-34H,7-10,17-18,22H2,1-6H3,(H,40,42)/t33-,34-/m0/s1. The van der Waals surface area contributed by atoms with Crippen LogP contribution in [0.4, 0.5) is 15.3 Å². The highest BCUT2D eigenvalue weighted by Crippen LogP contribution is 2.37. The second-order valence-corrected chi connectivity index (χ2v) is 15.2. The second kappa shape index (κ2) is 12.1. The van der Waals surface area contributed by atoms with Crippen LogP contribution in [-0.2, 0) is 15.9 Å². The fourth-order valence-corrected chi connectivity index (χ4v) is 7.09. The lowest BCUT2D eigenvalue weighted by Crippen LogP contribution is -2.43. The lowest BCUT2D eigenvalue weighted by molar-refractivity contribution is 0.0216. The minimum absolute atomic E-state index is 0.0152. The molecule has 1 aromatic heterocycles. The molecule has 2 amide bonds. The Morgan fingerprint density at radius 2 is 1.31 bits per heavy atom. The van der Waals surface area contributed by atoms with Crippen molar-refractivity contribution >= 4 is 34.4 Å². The largest absolute Gasteiger partial charge is 0.444 e. The third-order valence-corrected chi connectivity index (χ3v) is 9.26. The summed E-state index contributed by atoms with van der Waals surface area (Å²) >= 11 is 0. The number of carbonyl (C=O) groups is 2. The normalized spacial score (nSPS) is 19.5.